The second-order valence-electron chi connectivity index (χ2n) is 7.91. The van der Waals surface area contributed by atoms with E-state index in [2.05, 4.69) is 10.3 Å². The van der Waals surface area contributed by atoms with E-state index < -0.39 is 23.8 Å². The first kappa shape index (κ1) is 29.4. The molecule has 0 radical (unpaired) electrons. The zero-order chi connectivity index (χ0) is 28.0. The summed E-state index contributed by atoms with van der Waals surface area (Å²) in [5.74, 6) is -2.75. The summed E-state index contributed by atoms with van der Waals surface area (Å²) in [5.41, 5.74) is 1.12. The third-order valence-corrected chi connectivity index (χ3v) is 7.07. The smallest absolute Gasteiger partial charge is 0.371 e. The van der Waals surface area contributed by atoms with Crippen molar-refractivity contribution in [3.05, 3.63) is 68.6 Å². The molecule has 202 valence electrons. The Morgan fingerprint density at radius 2 is 1.89 bits per heavy atom. The van der Waals surface area contributed by atoms with Crippen molar-refractivity contribution in [3.8, 4) is 16.3 Å². The second-order valence-corrected chi connectivity index (χ2v) is 9.68. The molecule has 0 fully saturated rings. The van der Waals surface area contributed by atoms with Gasteiger partial charge in [-0.1, -0.05) is 60.0 Å². The summed E-state index contributed by atoms with van der Waals surface area (Å²) in [6.45, 7) is 1.99. The number of nitrogens with zero attached hydrogens (tertiary/aromatic N) is 1. The van der Waals surface area contributed by atoms with Crippen LogP contribution in [-0.4, -0.2) is 43.3 Å². The van der Waals surface area contributed by atoms with Gasteiger partial charge in [-0.3, -0.25) is 10.1 Å². The zero-order valence-electron chi connectivity index (χ0n) is 20.9. The van der Waals surface area contributed by atoms with Crippen LogP contribution in [0.1, 0.15) is 47.4 Å². The largest absolute Gasteiger partial charge is 0.490 e. The van der Waals surface area contributed by atoms with E-state index in [1.54, 1.807) is 18.2 Å². The molecule has 1 amide bonds. The number of nitrogens with one attached hydrogen (secondary N) is 1. The molecule has 3 aromatic rings. The van der Waals surface area contributed by atoms with E-state index >= 15 is 4.39 Å². The fraction of sp³-hybridized carbons (Fsp3) is 0.269. The Hall–Kier alpha value is -3.18. The van der Waals surface area contributed by atoms with Gasteiger partial charge in [0.25, 0.3) is 5.91 Å². The number of methoxy groups -OCH3 is 3. The van der Waals surface area contributed by atoms with Crippen molar-refractivity contribution in [3.63, 3.8) is 0 Å². The van der Waals surface area contributed by atoms with Crippen molar-refractivity contribution in [2.45, 2.75) is 25.9 Å². The number of carboxylic acids is 1. The average Bonchev–Trinajstić information content (AvgIpc) is 3.29. The highest BCUT2D eigenvalue weighted by Crippen LogP contribution is 2.41. The standard InChI is InChI=1S/C26H25Cl2FN2O6S/c1-5-7-19(35-2)14-8-6-9-15(21(14)29)22-25(37-4)38-26(30-22)31-23(32)13-10-17(27)16(18(28)11-13)12-20(36-3)24(33)34/h6,8-12,19H,5,7H2,1-4H3,(H,33,34)(H,30,31,32). The number of carbonyl (C=O) groups is 2. The number of carbonyl (C=O) groups excluding carboxylic acids is 1. The number of carboxylic acid groups (broad SMARTS) is 1. The predicted octanol–water partition coefficient (Wildman–Crippen LogP) is 7.08. The van der Waals surface area contributed by atoms with Gasteiger partial charge in [0.05, 0.1) is 30.4 Å². The number of hydrogen-bond acceptors (Lipinski definition) is 7. The summed E-state index contributed by atoms with van der Waals surface area (Å²) in [6, 6.07) is 7.63. The fourth-order valence-electron chi connectivity index (χ4n) is 3.67. The molecule has 1 aromatic heterocycles. The number of thiazole rings is 1. The number of rotatable bonds is 11. The van der Waals surface area contributed by atoms with Crippen LogP contribution < -0.4 is 10.1 Å². The van der Waals surface area contributed by atoms with Crippen molar-refractivity contribution in [1.82, 2.24) is 4.98 Å². The van der Waals surface area contributed by atoms with Crippen LogP contribution in [-0.2, 0) is 14.3 Å². The van der Waals surface area contributed by atoms with Crippen LogP contribution in [0.15, 0.2) is 36.1 Å². The molecule has 0 bridgehead atoms. The van der Waals surface area contributed by atoms with Crippen LogP contribution in [0.3, 0.4) is 0 Å². The van der Waals surface area contributed by atoms with Crippen molar-refractivity contribution < 1.29 is 33.3 Å². The fourth-order valence-corrected chi connectivity index (χ4v) is 5.06. The molecule has 1 unspecified atom stereocenters. The summed E-state index contributed by atoms with van der Waals surface area (Å²) in [7, 11) is 4.16. The topological polar surface area (TPSA) is 107 Å². The van der Waals surface area contributed by atoms with E-state index in [1.165, 1.54) is 33.5 Å². The number of ether oxygens (including phenoxy) is 3. The summed E-state index contributed by atoms with van der Waals surface area (Å²) in [4.78, 5) is 28.6. The summed E-state index contributed by atoms with van der Waals surface area (Å²) >= 11 is 13.6. The van der Waals surface area contributed by atoms with E-state index in [1.807, 2.05) is 6.92 Å². The molecule has 0 spiro atoms. The Morgan fingerprint density at radius 3 is 2.45 bits per heavy atom. The highest BCUT2D eigenvalue weighted by molar-refractivity contribution is 7.18. The average molecular weight is 583 g/mol. The minimum Gasteiger partial charge on any atom is -0.490 e. The van der Waals surface area contributed by atoms with E-state index in [0.717, 1.165) is 23.8 Å². The zero-order valence-corrected chi connectivity index (χ0v) is 23.3. The van der Waals surface area contributed by atoms with Gasteiger partial charge in [-0.15, -0.1) is 0 Å². The number of halogens is 3. The van der Waals surface area contributed by atoms with Crippen LogP contribution in [0, 0.1) is 5.82 Å². The van der Waals surface area contributed by atoms with Crippen LogP contribution in [0.25, 0.3) is 17.3 Å². The van der Waals surface area contributed by atoms with Gasteiger partial charge in [-0.05, 0) is 30.7 Å². The maximum atomic E-state index is 15.5. The first-order valence-corrected chi connectivity index (χ1v) is 12.9. The number of aliphatic carboxylic acids is 1. The normalized spacial score (nSPS) is 12.2. The summed E-state index contributed by atoms with van der Waals surface area (Å²) < 4.78 is 31.2. The minimum atomic E-state index is -1.31. The third kappa shape index (κ3) is 6.44. The number of anilines is 1. The van der Waals surface area contributed by atoms with E-state index in [-0.39, 0.29) is 43.3 Å². The Bertz CT molecular complexity index is 1350. The minimum absolute atomic E-state index is 0.0366. The lowest BCUT2D eigenvalue weighted by molar-refractivity contribution is -0.135. The highest BCUT2D eigenvalue weighted by Gasteiger charge is 2.23. The van der Waals surface area contributed by atoms with Gasteiger partial charge in [-0.2, -0.15) is 0 Å². The molecular formula is C26H25Cl2FN2O6S. The second kappa shape index (κ2) is 13.1. The molecule has 2 aromatic carbocycles. The molecule has 0 aliphatic carbocycles. The van der Waals surface area contributed by atoms with Gasteiger partial charge in [0.1, 0.15) is 11.5 Å². The number of aromatic nitrogens is 1. The van der Waals surface area contributed by atoms with Crippen LogP contribution in [0.5, 0.6) is 5.06 Å². The molecule has 0 saturated carbocycles. The summed E-state index contributed by atoms with van der Waals surface area (Å²) in [5, 5.41) is 12.3. The van der Waals surface area contributed by atoms with Crippen LogP contribution >= 0.6 is 34.5 Å². The number of benzene rings is 2. The molecule has 38 heavy (non-hydrogen) atoms. The maximum absolute atomic E-state index is 15.5. The molecule has 12 heteroatoms. The van der Waals surface area contributed by atoms with Crippen molar-refractivity contribution >= 4 is 57.6 Å². The first-order chi connectivity index (χ1) is 18.1. The van der Waals surface area contributed by atoms with Gasteiger partial charge in [0, 0.05) is 29.4 Å². The molecule has 0 aliphatic rings. The highest BCUT2D eigenvalue weighted by atomic mass is 35.5. The van der Waals surface area contributed by atoms with Gasteiger partial charge >= 0.3 is 5.97 Å². The summed E-state index contributed by atoms with van der Waals surface area (Å²) in [6.07, 6.45) is 2.21. The van der Waals surface area contributed by atoms with E-state index in [4.69, 9.17) is 42.5 Å². The molecule has 0 aliphatic heterocycles. The quantitative estimate of drug-likeness (QED) is 0.184. The lowest BCUT2D eigenvalue weighted by Gasteiger charge is -2.17. The number of amides is 1. The Kier molecular flexibility index (Phi) is 10.1. The molecular weight excluding hydrogens is 558 g/mol. The molecule has 0 saturated heterocycles. The van der Waals surface area contributed by atoms with Crippen molar-refractivity contribution in [1.29, 1.82) is 0 Å². The van der Waals surface area contributed by atoms with Gasteiger partial charge in [0.15, 0.2) is 5.13 Å². The van der Waals surface area contributed by atoms with Crippen molar-refractivity contribution in [2.24, 2.45) is 0 Å². The molecule has 8 nitrogen and oxygen atoms in total. The molecule has 3 rings (SSSR count). The lowest BCUT2D eigenvalue weighted by atomic mass is 10.0. The Labute approximate surface area is 233 Å². The van der Waals surface area contributed by atoms with Crippen LogP contribution in [0.2, 0.25) is 10.0 Å². The SMILES string of the molecule is CCCC(OC)c1cccc(-c2nc(NC(=O)c3cc(Cl)c(C=C(OC)C(=O)O)c(Cl)c3)sc2OC)c1F. The number of hydrogen-bond donors (Lipinski definition) is 2. The Morgan fingerprint density at radius 1 is 1.21 bits per heavy atom. The third-order valence-electron chi connectivity index (χ3n) is 5.52. The Balaban J connectivity index is 1.93. The van der Waals surface area contributed by atoms with E-state index in [0.29, 0.717) is 17.0 Å². The van der Waals surface area contributed by atoms with Crippen LogP contribution in [0.4, 0.5) is 9.52 Å². The van der Waals surface area contributed by atoms with E-state index in [9.17, 15) is 9.59 Å². The van der Waals surface area contributed by atoms with Gasteiger partial charge in [0.2, 0.25) is 10.8 Å². The van der Waals surface area contributed by atoms with Gasteiger partial charge < -0.3 is 19.3 Å². The predicted molar refractivity (Wildman–Crippen MR) is 146 cm³/mol. The monoisotopic (exact) mass is 582 g/mol. The molecule has 1 atom stereocenters. The molecule has 1 heterocycles. The first-order valence-electron chi connectivity index (χ1n) is 11.3. The molecule has 2 N–H and O–H groups in total. The van der Waals surface area contributed by atoms with Gasteiger partial charge in [-0.25, -0.2) is 14.2 Å². The van der Waals surface area contributed by atoms with Crippen molar-refractivity contribution in [2.75, 3.05) is 26.6 Å². The maximum Gasteiger partial charge on any atom is 0.371 e. The lowest BCUT2D eigenvalue weighted by Crippen LogP contribution is -2.12.